The molecule has 0 heterocycles. The van der Waals surface area contributed by atoms with Crippen molar-refractivity contribution >= 4 is 27.5 Å². The minimum atomic E-state index is 0.0964. The lowest BCUT2D eigenvalue weighted by Crippen LogP contribution is -2.34. The topological polar surface area (TPSA) is 49.6 Å². The monoisotopic (exact) mass is 299 g/mol. The minimum absolute atomic E-state index is 0.0964. The van der Waals surface area contributed by atoms with Gasteiger partial charge in [-0.2, -0.15) is 0 Å². The Balaban J connectivity index is 2.62. The second-order valence-electron chi connectivity index (χ2n) is 4.31. The van der Waals surface area contributed by atoms with Gasteiger partial charge in [-0.1, -0.05) is 22.0 Å². The molecule has 5 heteroatoms. The number of rotatable bonds is 4. The SMILES string of the molecule is CN(CC(=O)N(C)C)Cc1ccc(N)cc1Br. The van der Waals surface area contributed by atoms with E-state index in [9.17, 15) is 4.79 Å². The zero-order valence-electron chi connectivity index (χ0n) is 10.4. The second-order valence-corrected chi connectivity index (χ2v) is 5.17. The summed E-state index contributed by atoms with van der Waals surface area (Å²) in [4.78, 5) is 15.1. The van der Waals surface area contributed by atoms with E-state index in [1.165, 1.54) is 0 Å². The van der Waals surface area contributed by atoms with Crippen molar-refractivity contribution in [2.75, 3.05) is 33.4 Å². The molecule has 17 heavy (non-hydrogen) atoms. The van der Waals surface area contributed by atoms with Gasteiger partial charge in [0.1, 0.15) is 0 Å². The number of hydrogen-bond acceptors (Lipinski definition) is 3. The van der Waals surface area contributed by atoms with E-state index in [0.717, 1.165) is 15.7 Å². The summed E-state index contributed by atoms with van der Waals surface area (Å²) >= 11 is 3.47. The van der Waals surface area contributed by atoms with E-state index in [1.807, 2.05) is 30.1 Å². The summed E-state index contributed by atoms with van der Waals surface area (Å²) in [7, 11) is 5.44. The van der Waals surface area contributed by atoms with Crippen LogP contribution in [0.2, 0.25) is 0 Å². The first-order valence-electron chi connectivity index (χ1n) is 5.32. The number of anilines is 1. The van der Waals surface area contributed by atoms with Crippen LogP contribution in [0.5, 0.6) is 0 Å². The maximum Gasteiger partial charge on any atom is 0.236 e. The standard InChI is InChI=1S/C12H18BrN3O/c1-15(2)12(17)8-16(3)7-9-4-5-10(14)6-11(9)13/h4-6H,7-8,14H2,1-3H3. The van der Waals surface area contributed by atoms with Crippen molar-refractivity contribution in [3.8, 4) is 0 Å². The Morgan fingerprint density at radius 2 is 2.00 bits per heavy atom. The Hall–Kier alpha value is -1.07. The number of benzene rings is 1. The summed E-state index contributed by atoms with van der Waals surface area (Å²) in [5, 5.41) is 0. The van der Waals surface area contributed by atoms with Crippen LogP contribution in [-0.2, 0) is 11.3 Å². The van der Waals surface area contributed by atoms with Crippen molar-refractivity contribution in [3.63, 3.8) is 0 Å². The molecule has 0 aromatic heterocycles. The average Bonchev–Trinajstić information content (AvgIpc) is 2.22. The molecule has 1 amide bonds. The van der Waals surface area contributed by atoms with Crippen LogP contribution in [0.4, 0.5) is 5.69 Å². The van der Waals surface area contributed by atoms with Crippen LogP contribution in [-0.4, -0.2) is 43.4 Å². The molecule has 94 valence electrons. The highest BCUT2D eigenvalue weighted by Crippen LogP contribution is 2.20. The van der Waals surface area contributed by atoms with Crippen LogP contribution in [0.3, 0.4) is 0 Å². The Morgan fingerprint density at radius 3 is 2.53 bits per heavy atom. The Morgan fingerprint density at radius 1 is 1.35 bits per heavy atom. The Labute approximate surface area is 111 Å². The lowest BCUT2D eigenvalue weighted by molar-refractivity contribution is -0.129. The number of nitrogens with two attached hydrogens (primary N) is 1. The average molecular weight is 300 g/mol. The van der Waals surface area contributed by atoms with Gasteiger partial charge in [0, 0.05) is 30.8 Å². The van der Waals surface area contributed by atoms with E-state index >= 15 is 0 Å². The zero-order valence-corrected chi connectivity index (χ0v) is 12.0. The second kappa shape index (κ2) is 6.02. The van der Waals surface area contributed by atoms with Gasteiger partial charge in [0.15, 0.2) is 0 Å². The van der Waals surface area contributed by atoms with Gasteiger partial charge in [-0.25, -0.2) is 0 Å². The first-order chi connectivity index (χ1) is 7.90. The van der Waals surface area contributed by atoms with Gasteiger partial charge >= 0.3 is 0 Å². The van der Waals surface area contributed by atoms with Crippen LogP contribution in [0.1, 0.15) is 5.56 Å². The van der Waals surface area contributed by atoms with Crippen molar-refractivity contribution in [2.45, 2.75) is 6.54 Å². The number of halogens is 1. The van der Waals surface area contributed by atoms with Crippen LogP contribution >= 0.6 is 15.9 Å². The van der Waals surface area contributed by atoms with Gasteiger partial charge in [-0.3, -0.25) is 9.69 Å². The van der Waals surface area contributed by atoms with E-state index in [4.69, 9.17) is 5.73 Å². The molecular formula is C12H18BrN3O. The molecule has 1 aromatic carbocycles. The summed E-state index contributed by atoms with van der Waals surface area (Å²) < 4.78 is 0.974. The number of nitrogen functional groups attached to an aromatic ring is 1. The molecule has 0 saturated carbocycles. The molecule has 1 rings (SSSR count). The number of amides is 1. The van der Waals surface area contributed by atoms with Gasteiger partial charge in [-0.05, 0) is 24.7 Å². The third kappa shape index (κ3) is 4.36. The first-order valence-corrected chi connectivity index (χ1v) is 6.12. The van der Waals surface area contributed by atoms with Gasteiger partial charge in [-0.15, -0.1) is 0 Å². The molecule has 0 bridgehead atoms. The summed E-state index contributed by atoms with van der Waals surface area (Å²) in [6.07, 6.45) is 0. The Bertz CT molecular complexity index is 407. The zero-order chi connectivity index (χ0) is 13.0. The third-order valence-corrected chi connectivity index (χ3v) is 3.16. The molecule has 0 radical (unpaired) electrons. The Kier molecular flexibility index (Phi) is 4.96. The summed E-state index contributed by atoms with van der Waals surface area (Å²) in [5.41, 5.74) is 7.52. The molecule has 1 aromatic rings. The van der Waals surface area contributed by atoms with E-state index < -0.39 is 0 Å². The predicted molar refractivity (Wildman–Crippen MR) is 73.6 cm³/mol. The fourth-order valence-electron chi connectivity index (χ4n) is 1.41. The molecule has 0 atom stereocenters. The minimum Gasteiger partial charge on any atom is -0.399 e. The fourth-order valence-corrected chi connectivity index (χ4v) is 1.93. The van der Waals surface area contributed by atoms with Gasteiger partial charge in [0.2, 0.25) is 5.91 Å². The lowest BCUT2D eigenvalue weighted by atomic mass is 10.2. The highest BCUT2D eigenvalue weighted by atomic mass is 79.9. The molecule has 0 aliphatic rings. The van der Waals surface area contributed by atoms with Crippen molar-refractivity contribution in [1.29, 1.82) is 0 Å². The lowest BCUT2D eigenvalue weighted by Gasteiger charge is -2.19. The third-order valence-electron chi connectivity index (χ3n) is 2.42. The molecule has 0 aliphatic carbocycles. The normalized spacial score (nSPS) is 10.6. The van der Waals surface area contributed by atoms with Crippen molar-refractivity contribution in [2.24, 2.45) is 0 Å². The molecule has 0 saturated heterocycles. The van der Waals surface area contributed by atoms with Gasteiger partial charge in [0.25, 0.3) is 0 Å². The van der Waals surface area contributed by atoms with Crippen LogP contribution in [0, 0.1) is 0 Å². The highest BCUT2D eigenvalue weighted by Gasteiger charge is 2.10. The van der Waals surface area contributed by atoms with Gasteiger partial charge in [0.05, 0.1) is 6.54 Å². The largest absolute Gasteiger partial charge is 0.399 e. The number of carbonyl (C=O) groups is 1. The molecule has 0 aliphatic heterocycles. The molecule has 2 N–H and O–H groups in total. The number of hydrogen-bond donors (Lipinski definition) is 1. The molecule has 0 spiro atoms. The van der Waals surface area contributed by atoms with E-state index in [1.54, 1.807) is 19.0 Å². The van der Waals surface area contributed by atoms with E-state index in [0.29, 0.717) is 13.1 Å². The number of likely N-dealkylation sites (N-methyl/N-ethyl adjacent to an activating group) is 2. The van der Waals surface area contributed by atoms with Crippen LogP contribution < -0.4 is 5.73 Å². The molecule has 0 unspecified atom stereocenters. The number of nitrogens with zero attached hydrogens (tertiary/aromatic N) is 2. The highest BCUT2D eigenvalue weighted by molar-refractivity contribution is 9.10. The van der Waals surface area contributed by atoms with Crippen LogP contribution in [0.25, 0.3) is 0 Å². The fraction of sp³-hybridized carbons (Fsp3) is 0.417. The van der Waals surface area contributed by atoms with Gasteiger partial charge < -0.3 is 10.6 Å². The number of carbonyl (C=O) groups excluding carboxylic acids is 1. The smallest absolute Gasteiger partial charge is 0.236 e. The summed E-state index contributed by atoms with van der Waals surface area (Å²) in [6, 6.07) is 5.70. The van der Waals surface area contributed by atoms with E-state index in [2.05, 4.69) is 15.9 Å². The predicted octanol–water partition coefficient (Wildman–Crippen LogP) is 1.55. The quantitative estimate of drug-likeness (QED) is 0.858. The molecular weight excluding hydrogens is 282 g/mol. The molecule has 4 nitrogen and oxygen atoms in total. The van der Waals surface area contributed by atoms with Crippen molar-refractivity contribution in [3.05, 3.63) is 28.2 Å². The molecule has 0 fully saturated rings. The maximum absolute atomic E-state index is 11.5. The maximum atomic E-state index is 11.5. The van der Waals surface area contributed by atoms with Crippen molar-refractivity contribution < 1.29 is 4.79 Å². The summed E-state index contributed by atoms with van der Waals surface area (Å²) in [6.45, 7) is 1.12. The van der Waals surface area contributed by atoms with E-state index in [-0.39, 0.29) is 5.91 Å². The van der Waals surface area contributed by atoms with Crippen LogP contribution in [0.15, 0.2) is 22.7 Å². The summed E-state index contributed by atoms with van der Waals surface area (Å²) in [5.74, 6) is 0.0964. The van der Waals surface area contributed by atoms with Crippen molar-refractivity contribution in [1.82, 2.24) is 9.80 Å². The first kappa shape index (κ1) is 14.0.